The molecule has 1 aliphatic heterocycles. The predicted molar refractivity (Wildman–Crippen MR) is 113 cm³/mol. The Morgan fingerprint density at radius 3 is 2.59 bits per heavy atom. The van der Waals surface area contributed by atoms with Crippen molar-refractivity contribution in [2.75, 3.05) is 24.5 Å². The van der Waals surface area contributed by atoms with Gasteiger partial charge in [-0.1, -0.05) is 44.2 Å². The number of amides is 1. The molecule has 7 heteroatoms. The molecule has 29 heavy (non-hydrogen) atoms. The van der Waals surface area contributed by atoms with E-state index in [4.69, 9.17) is 5.10 Å². The van der Waals surface area contributed by atoms with E-state index in [-0.39, 0.29) is 17.7 Å². The average Bonchev–Trinajstić information content (AvgIpc) is 3.18. The van der Waals surface area contributed by atoms with E-state index in [9.17, 15) is 4.79 Å². The summed E-state index contributed by atoms with van der Waals surface area (Å²) >= 11 is 0. The third kappa shape index (κ3) is 4.39. The first-order valence-electron chi connectivity index (χ1n) is 10.4. The molecule has 0 unspecified atom stereocenters. The van der Waals surface area contributed by atoms with Crippen molar-refractivity contribution in [2.24, 2.45) is 5.92 Å². The molecule has 0 radical (unpaired) electrons. The van der Waals surface area contributed by atoms with Crippen LogP contribution in [0.1, 0.15) is 44.0 Å². The second-order valence-electron chi connectivity index (χ2n) is 7.96. The second kappa shape index (κ2) is 8.59. The van der Waals surface area contributed by atoms with Gasteiger partial charge in [0.05, 0.1) is 0 Å². The highest BCUT2D eigenvalue weighted by Crippen LogP contribution is 2.23. The van der Waals surface area contributed by atoms with Gasteiger partial charge >= 0.3 is 0 Å². The predicted octanol–water partition coefficient (Wildman–Crippen LogP) is 2.82. The Bertz CT molecular complexity index is 960. The molecule has 0 saturated carbocycles. The van der Waals surface area contributed by atoms with E-state index < -0.39 is 0 Å². The third-order valence-electron chi connectivity index (χ3n) is 5.53. The van der Waals surface area contributed by atoms with Gasteiger partial charge in [0.2, 0.25) is 5.91 Å². The number of hydrogen-bond acceptors (Lipinski definition) is 5. The van der Waals surface area contributed by atoms with E-state index in [2.05, 4.69) is 46.4 Å². The van der Waals surface area contributed by atoms with Crippen molar-refractivity contribution in [3.05, 3.63) is 53.9 Å². The molecule has 1 N–H and O–H groups in total. The third-order valence-corrected chi connectivity index (χ3v) is 5.53. The number of aromatic nitrogens is 4. The zero-order valence-electron chi connectivity index (χ0n) is 17.1. The highest BCUT2D eigenvalue weighted by molar-refractivity contribution is 5.79. The van der Waals surface area contributed by atoms with Crippen LogP contribution >= 0.6 is 0 Å². The Morgan fingerprint density at radius 1 is 1.10 bits per heavy atom. The molecule has 152 valence electrons. The van der Waals surface area contributed by atoms with Gasteiger partial charge in [-0.3, -0.25) is 4.79 Å². The van der Waals surface area contributed by atoms with Gasteiger partial charge in [0, 0.05) is 31.5 Å². The largest absolute Gasteiger partial charge is 0.356 e. The summed E-state index contributed by atoms with van der Waals surface area (Å²) in [5, 5.41) is 16.3. The van der Waals surface area contributed by atoms with Gasteiger partial charge in [-0.2, -0.15) is 4.52 Å². The number of hydrogen-bond donors (Lipinski definition) is 1. The van der Waals surface area contributed by atoms with Gasteiger partial charge in [0.15, 0.2) is 11.5 Å². The minimum Gasteiger partial charge on any atom is -0.356 e. The van der Waals surface area contributed by atoms with Crippen molar-refractivity contribution in [3.63, 3.8) is 0 Å². The van der Waals surface area contributed by atoms with Crippen LogP contribution in [-0.4, -0.2) is 45.4 Å². The zero-order valence-corrected chi connectivity index (χ0v) is 17.1. The van der Waals surface area contributed by atoms with E-state index in [0.29, 0.717) is 6.54 Å². The van der Waals surface area contributed by atoms with Crippen molar-refractivity contribution >= 4 is 17.4 Å². The van der Waals surface area contributed by atoms with E-state index >= 15 is 0 Å². The molecule has 1 fully saturated rings. The average molecular weight is 393 g/mol. The lowest BCUT2D eigenvalue weighted by atomic mass is 9.96. The molecule has 0 bridgehead atoms. The fourth-order valence-corrected chi connectivity index (χ4v) is 3.81. The van der Waals surface area contributed by atoms with Crippen molar-refractivity contribution in [3.8, 4) is 0 Å². The highest BCUT2D eigenvalue weighted by Gasteiger charge is 2.26. The molecule has 1 saturated heterocycles. The standard InChI is InChI=1S/C22H28N6O/c1-16(2)21-25-24-19-8-9-20(26-28(19)21)27-14-11-18(12-15-27)22(29)23-13-10-17-6-4-3-5-7-17/h3-9,16,18H,10-15H2,1-2H3,(H,23,29). The Balaban J connectivity index is 1.31. The summed E-state index contributed by atoms with van der Waals surface area (Å²) in [4.78, 5) is 14.8. The summed E-state index contributed by atoms with van der Waals surface area (Å²) in [7, 11) is 0. The lowest BCUT2D eigenvalue weighted by Gasteiger charge is -2.32. The zero-order chi connectivity index (χ0) is 20.2. The van der Waals surface area contributed by atoms with Crippen LogP contribution in [0.4, 0.5) is 5.82 Å². The Kier molecular flexibility index (Phi) is 5.74. The number of nitrogens with zero attached hydrogens (tertiary/aromatic N) is 5. The summed E-state index contributed by atoms with van der Waals surface area (Å²) in [5.41, 5.74) is 2.02. The Morgan fingerprint density at radius 2 is 1.86 bits per heavy atom. The number of fused-ring (bicyclic) bond motifs is 1. The van der Waals surface area contributed by atoms with Crippen molar-refractivity contribution in [1.29, 1.82) is 0 Å². The maximum atomic E-state index is 12.5. The van der Waals surface area contributed by atoms with Gasteiger partial charge in [-0.05, 0) is 37.0 Å². The van der Waals surface area contributed by atoms with Crippen molar-refractivity contribution < 1.29 is 4.79 Å². The first-order valence-corrected chi connectivity index (χ1v) is 10.4. The number of nitrogens with one attached hydrogen (secondary N) is 1. The van der Waals surface area contributed by atoms with E-state index in [1.54, 1.807) is 0 Å². The Labute approximate surface area is 171 Å². The minimum absolute atomic E-state index is 0.0758. The fourth-order valence-electron chi connectivity index (χ4n) is 3.81. The van der Waals surface area contributed by atoms with Crippen LogP contribution in [0.2, 0.25) is 0 Å². The SMILES string of the molecule is CC(C)c1nnc2ccc(N3CCC(C(=O)NCCc4ccccc4)CC3)nn12. The molecule has 0 aliphatic carbocycles. The molecule has 0 spiro atoms. The molecule has 0 atom stereocenters. The van der Waals surface area contributed by atoms with Crippen LogP contribution in [0.3, 0.4) is 0 Å². The van der Waals surface area contributed by atoms with Crippen LogP contribution in [0.15, 0.2) is 42.5 Å². The topological polar surface area (TPSA) is 75.4 Å². The van der Waals surface area contributed by atoms with Gasteiger partial charge in [0.1, 0.15) is 5.82 Å². The minimum atomic E-state index is 0.0758. The molecule has 4 rings (SSSR count). The number of carbonyl (C=O) groups is 1. The van der Waals surface area contributed by atoms with Crippen LogP contribution in [0.25, 0.3) is 5.65 Å². The summed E-state index contributed by atoms with van der Waals surface area (Å²) < 4.78 is 1.84. The van der Waals surface area contributed by atoms with Crippen molar-refractivity contribution in [2.45, 2.75) is 39.0 Å². The van der Waals surface area contributed by atoms with Gasteiger partial charge in [0.25, 0.3) is 0 Å². The van der Waals surface area contributed by atoms with E-state index in [1.165, 1.54) is 5.56 Å². The number of rotatable bonds is 6. The van der Waals surface area contributed by atoms with E-state index in [0.717, 1.165) is 49.6 Å². The first kappa shape index (κ1) is 19.4. The number of benzene rings is 1. The molecule has 1 aliphatic rings. The quantitative estimate of drug-likeness (QED) is 0.698. The molecular weight excluding hydrogens is 364 g/mol. The number of carbonyl (C=O) groups excluding carboxylic acids is 1. The first-order chi connectivity index (χ1) is 14.1. The maximum absolute atomic E-state index is 12.5. The molecular formula is C22H28N6O. The van der Waals surface area contributed by atoms with Crippen LogP contribution in [0, 0.1) is 5.92 Å². The maximum Gasteiger partial charge on any atom is 0.223 e. The molecule has 1 amide bonds. The molecule has 7 nitrogen and oxygen atoms in total. The molecule has 1 aromatic carbocycles. The van der Waals surface area contributed by atoms with Gasteiger partial charge in [-0.25, -0.2) is 0 Å². The summed E-state index contributed by atoms with van der Waals surface area (Å²) in [6.07, 6.45) is 2.55. The normalized spacial score (nSPS) is 15.2. The van der Waals surface area contributed by atoms with Crippen LogP contribution in [-0.2, 0) is 11.2 Å². The van der Waals surface area contributed by atoms with Crippen LogP contribution < -0.4 is 10.2 Å². The second-order valence-corrected chi connectivity index (χ2v) is 7.96. The van der Waals surface area contributed by atoms with E-state index in [1.807, 2.05) is 34.8 Å². The summed E-state index contributed by atoms with van der Waals surface area (Å²) in [6.45, 7) is 6.52. The highest BCUT2D eigenvalue weighted by atomic mass is 16.1. The molecule has 3 aromatic rings. The number of anilines is 1. The summed E-state index contributed by atoms with van der Waals surface area (Å²) in [5.74, 6) is 2.30. The molecule has 3 heterocycles. The lowest BCUT2D eigenvalue weighted by Crippen LogP contribution is -2.41. The number of piperidine rings is 1. The Hall–Kier alpha value is -2.96. The van der Waals surface area contributed by atoms with Gasteiger partial charge in [-0.15, -0.1) is 15.3 Å². The van der Waals surface area contributed by atoms with Crippen molar-refractivity contribution in [1.82, 2.24) is 25.1 Å². The smallest absolute Gasteiger partial charge is 0.223 e. The van der Waals surface area contributed by atoms with Crippen LogP contribution in [0.5, 0.6) is 0 Å². The van der Waals surface area contributed by atoms with Gasteiger partial charge < -0.3 is 10.2 Å². The fraction of sp³-hybridized carbons (Fsp3) is 0.455. The summed E-state index contributed by atoms with van der Waals surface area (Å²) in [6, 6.07) is 14.2. The lowest BCUT2D eigenvalue weighted by molar-refractivity contribution is -0.125. The monoisotopic (exact) mass is 392 g/mol. The molecule has 2 aromatic heterocycles.